The van der Waals surface area contributed by atoms with Crippen molar-refractivity contribution in [3.8, 4) is 0 Å². The summed E-state index contributed by atoms with van der Waals surface area (Å²) in [5.41, 5.74) is 1.57. The van der Waals surface area contributed by atoms with Crippen molar-refractivity contribution in [1.82, 2.24) is 10.6 Å². The molecule has 0 saturated heterocycles. The first-order valence-corrected chi connectivity index (χ1v) is 9.67. The van der Waals surface area contributed by atoms with Crippen molar-refractivity contribution in [2.75, 3.05) is 7.05 Å². The number of carbonyl (C=O) groups excluding carboxylic acids is 2. The normalized spacial score (nSPS) is 16.1. The topological polar surface area (TPSA) is 58.2 Å². The Labute approximate surface area is 169 Å². The first kappa shape index (κ1) is 21.0. The number of nitrogens with one attached hydrogen (secondary N) is 2. The predicted molar refractivity (Wildman–Crippen MR) is 107 cm³/mol. The average Bonchev–Trinajstić information content (AvgIpc) is 3.49. The van der Waals surface area contributed by atoms with Crippen LogP contribution in [0, 0.1) is 11.6 Å². The predicted octanol–water partition coefficient (Wildman–Crippen LogP) is 3.90. The minimum absolute atomic E-state index is 0.00840. The maximum Gasteiger partial charge on any atom is 0.246 e. The summed E-state index contributed by atoms with van der Waals surface area (Å²) in [5, 5.41) is 5.21. The monoisotopic (exact) mass is 400 g/mol. The lowest BCUT2D eigenvalue weighted by molar-refractivity contribution is -0.130. The van der Waals surface area contributed by atoms with Crippen LogP contribution in [0.15, 0.2) is 42.5 Å². The van der Waals surface area contributed by atoms with Gasteiger partial charge >= 0.3 is 0 Å². The van der Waals surface area contributed by atoms with E-state index in [9.17, 15) is 18.4 Å². The minimum Gasteiger partial charge on any atom is -0.357 e. The van der Waals surface area contributed by atoms with E-state index in [1.165, 1.54) is 18.7 Å². The van der Waals surface area contributed by atoms with Crippen LogP contribution in [0.5, 0.6) is 0 Å². The maximum absolute atomic E-state index is 13.7. The third-order valence-electron chi connectivity index (χ3n) is 5.55. The number of halogens is 2. The van der Waals surface area contributed by atoms with Crippen LogP contribution >= 0.6 is 0 Å². The van der Waals surface area contributed by atoms with Gasteiger partial charge in [0.1, 0.15) is 6.04 Å². The third-order valence-corrected chi connectivity index (χ3v) is 5.55. The molecular formula is C23H26F2N2O2. The van der Waals surface area contributed by atoms with E-state index in [-0.39, 0.29) is 16.9 Å². The molecule has 1 aliphatic carbocycles. The van der Waals surface area contributed by atoms with Gasteiger partial charge in [-0.25, -0.2) is 8.78 Å². The summed E-state index contributed by atoms with van der Waals surface area (Å²) >= 11 is 0. The molecule has 2 aromatic carbocycles. The fourth-order valence-electron chi connectivity index (χ4n) is 3.47. The first-order valence-electron chi connectivity index (χ1n) is 9.67. The molecule has 1 unspecified atom stereocenters. The van der Waals surface area contributed by atoms with Crippen LogP contribution in [0.4, 0.5) is 8.78 Å². The Bertz CT molecular complexity index is 929. The van der Waals surface area contributed by atoms with Gasteiger partial charge in [-0.2, -0.15) is 0 Å². The summed E-state index contributed by atoms with van der Waals surface area (Å²) < 4.78 is 27.0. The van der Waals surface area contributed by atoms with Crippen molar-refractivity contribution in [2.24, 2.45) is 0 Å². The van der Waals surface area contributed by atoms with Gasteiger partial charge in [-0.05, 0) is 47.1 Å². The van der Waals surface area contributed by atoms with Crippen LogP contribution in [0.2, 0.25) is 0 Å². The van der Waals surface area contributed by atoms with Crippen LogP contribution < -0.4 is 10.6 Å². The van der Waals surface area contributed by atoms with Gasteiger partial charge in [0.2, 0.25) is 11.8 Å². The van der Waals surface area contributed by atoms with Gasteiger partial charge in [0.25, 0.3) is 0 Å². The van der Waals surface area contributed by atoms with Gasteiger partial charge in [-0.15, -0.1) is 0 Å². The molecule has 0 aliphatic heterocycles. The highest BCUT2D eigenvalue weighted by Crippen LogP contribution is 2.49. The van der Waals surface area contributed by atoms with Gasteiger partial charge in [-0.3, -0.25) is 9.59 Å². The molecule has 0 bridgehead atoms. The lowest BCUT2D eigenvalue weighted by atomic mass is 9.84. The lowest BCUT2D eigenvalue weighted by Crippen LogP contribution is -2.43. The van der Waals surface area contributed by atoms with E-state index in [0.29, 0.717) is 12.8 Å². The fourth-order valence-corrected chi connectivity index (χ4v) is 3.47. The van der Waals surface area contributed by atoms with Crippen LogP contribution in [-0.2, 0) is 20.4 Å². The molecule has 2 N–H and O–H groups in total. The Morgan fingerprint density at radius 2 is 1.62 bits per heavy atom. The van der Waals surface area contributed by atoms with Gasteiger partial charge in [0.05, 0.1) is 5.41 Å². The first-order chi connectivity index (χ1) is 13.6. The van der Waals surface area contributed by atoms with Crippen LogP contribution in [0.25, 0.3) is 0 Å². The van der Waals surface area contributed by atoms with Crippen molar-refractivity contribution in [3.63, 3.8) is 0 Å². The van der Waals surface area contributed by atoms with E-state index >= 15 is 0 Å². The number of amides is 2. The highest BCUT2D eigenvalue weighted by molar-refractivity contribution is 5.95. The minimum atomic E-state index is -1.10. The van der Waals surface area contributed by atoms with Gasteiger partial charge in [0, 0.05) is 7.05 Å². The van der Waals surface area contributed by atoms with E-state index in [2.05, 4.69) is 31.4 Å². The summed E-state index contributed by atoms with van der Waals surface area (Å²) in [6.07, 6.45) is 1.35. The van der Waals surface area contributed by atoms with E-state index in [0.717, 1.165) is 17.7 Å². The van der Waals surface area contributed by atoms with Crippen molar-refractivity contribution in [3.05, 3.63) is 70.8 Å². The molecule has 0 radical (unpaired) electrons. The van der Waals surface area contributed by atoms with E-state index < -0.39 is 29.0 Å². The maximum atomic E-state index is 13.7. The Kier molecular flexibility index (Phi) is 5.48. The van der Waals surface area contributed by atoms with Gasteiger partial charge in [0.15, 0.2) is 11.6 Å². The Morgan fingerprint density at radius 3 is 2.10 bits per heavy atom. The van der Waals surface area contributed by atoms with Crippen molar-refractivity contribution in [2.45, 2.75) is 50.5 Å². The molecule has 4 nitrogen and oxygen atoms in total. The van der Waals surface area contributed by atoms with Gasteiger partial charge in [-0.1, -0.05) is 51.1 Å². The highest BCUT2D eigenvalue weighted by atomic mass is 19.2. The molecule has 3 rings (SSSR count). The fraction of sp³-hybridized carbons (Fsp3) is 0.391. The van der Waals surface area contributed by atoms with Crippen molar-refractivity contribution >= 4 is 11.8 Å². The second-order valence-electron chi connectivity index (χ2n) is 8.60. The number of hydrogen-bond donors (Lipinski definition) is 2. The number of carbonyl (C=O) groups is 2. The number of rotatable bonds is 5. The third kappa shape index (κ3) is 4.16. The molecule has 2 amide bonds. The van der Waals surface area contributed by atoms with E-state index in [1.54, 1.807) is 0 Å². The summed E-state index contributed by atoms with van der Waals surface area (Å²) in [4.78, 5) is 25.4. The molecule has 1 fully saturated rings. The zero-order chi connectivity index (χ0) is 21.4. The molecule has 1 saturated carbocycles. The molecule has 0 aromatic heterocycles. The molecular weight excluding hydrogens is 374 g/mol. The smallest absolute Gasteiger partial charge is 0.246 e. The Morgan fingerprint density at radius 1 is 1.00 bits per heavy atom. The lowest BCUT2D eigenvalue weighted by Gasteiger charge is -2.23. The standard InChI is InChI=1S/C23H26F2N2O2/c1-22(2,3)15-6-8-16(9-7-15)23(11-12-23)21(29)27-19(20(28)26-4)14-5-10-17(24)18(25)13-14/h5-10,13,19H,11-12H2,1-4H3,(H,26,28)(H,27,29). The second-order valence-corrected chi connectivity index (χ2v) is 8.60. The molecule has 1 atom stereocenters. The summed E-state index contributed by atoms with van der Waals surface area (Å²) in [5.74, 6) is -2.86. The molecule has 29 heavy (non-hydrogen) atoms. The van der Waals surface area contributed by atoms with E-state index in [4.69, 9.17) is 0 Å². The van der Waals surface area contributed by atoms with E-state index in [1.807, 2.05) is 24.3 Å². The molecule has 2 aromatic rings. The van der Waals surface area contributed by atoms with Crippen molar-refractivity contribution < 1.29 is 18.4 Å². The Balaban J connectivity index is 1.85. The zero-order valence-electron chi connectivity index (χ0n) is 17.1. The number of hydrogen-bond acceptors (Lipinski definition) is 2. The van der Waals surface area contributed by atoms with Crippen LogP contribution in [0.3, 0.4) is 0 Å². The number of benzene rings is 2. The van der Waals surface area contributed by atoms with Crippen LogP contribution in [0.1, 0.15) is 56.3 Å². The molecule has 0 spiro atoms. The number of likely N-dealkylation sites (N-methyl/N-ethyl adjacent to an activating group) is 1. The molecule has 154 valence electrons. The molecule has 0 heterocycles. The average molecular weight is 400 g/mol. The highest BCUT2D eigenvalue weighted by Gasteiger charge is 2.52. The Hall–Kier alpha value is -2.76. The SMILES string of the molecule is CNC(=O)C(NC(=O)C1(c2ccc(C(C)(C)C)cc2)CC1)c1ccc(F)c(F)c1. The summed E-state index contributed by atoms with van der Waals surface area (Å²) in [6.45, 7) is 6.37. The van der Waals surface area contributed by atoms with Gasteiger partial charge < -0.3 is 10.6 Å². The molecule has 1 aliphatic rings. The summed E-state index contributed by atoms with van der Waals surface area (Å²) in [6, 6.07) is 10.0. The van der Waals surface area contributed by atoms with Crippen LogP contribution in [-0.4, -0.2) is 18.9 Å². The zero-order valence-corrected chi connectivity index (χ0v) is 17.1. The second kappa shape index (κ2) is 7.58. The quantitative estimate of drug-likeness (QED) is 0.800. The van der Waals surface area contributed by atoms with Crippen molar-refractivity contribution in [1.29, 1.82) is 0 Å². The largest absolute Gasteiger partial charge is 0.357 e. The summed E-state index contributed by atoms with van der Waals surface area (Å²) in [7, 11) is 1.43. The molecule has 6 heteroatoms.